The number of hydrogen-bond donors (Lipinski definition) is 0. The average Bonchev–Trinajstić information content (AvgIpc) is 2.56. The summed E-state index contributed by atoms with van der Waals surface area (Å²) in [6.07, 6.45) is 12.3. The molecule has 6 nitrogen and oxygen atoms in total. The zero-order valence-electron chi connectivity index (χ0n) is 14.2. The van der Waals surface area contributed by atoms with Crippen molar-refractivity contribution in [2.75, 3.05) is 6.26 Å². The predicted octanol–water partition coefficient (Wildman–Crippen LogP) is 3.30. The monoisotopic (exact) mass is 354 g/mol. The van der Waals surface area contributed by atoms with Crippen molar-refractivity contribution in [3.63, 3.8) is 0 Å². The molecule has 0 aromatic carbocycles. The zero-order chi connectivity index (χ0) is 17.0. The summed E-state index contributed by atoms with van der Waals surface area (Å²) in [5.74, 6) is 0.617. The van der Waals surface area contributed by atoms with E-state index >= 15 is 0 Å². The van der Waals surface area contributed by atoms with Crippen LogP contribution in [0.2, 0.25) is 0 Å². The van der Waals surface area contributed by atoms with Gasteiger partial charge in [-0.05, 0) is 51.4 Å². The summed E-state index contributed by atoms with van der Waals surface area (Å²) in [5.41, 5.74) is 0. The first-order valence-corrected chi connectivity index (χ1v) is 10.8. The molecule has 2 aliphatic carbocycles. The molecule has 24 heavy (non-hydrogen) atoms. The molecular weight excluding hydrogens is 328 g/mol. The van der Waals surface area contributed by atoms with Crippen LogP contribution in [0.3, 0.4) is 0 Å². The minimum absolute atomic E-state index is 0.101. The Bertz CT molecular complexity index is 612. The van der Waals surface area contributed by atoms with Gasteiger partial charge in [0, 0.05) is 6.26 Å². The van der Waals surface area contributed by atoms with Crippen molar-refractivity contribution in [1.82, 2.24) is 9.97 Å². The molecule has 2 saturated carbocycles. The molecule has 7 heteroatoms. The van der Waals surface area contributed by atoms with Gasteiger partial charge < -0.3 is 9.47 Å². The van der Waals surface area contributed by atoms with E-state index in [0.717, 1.165) is 57.6 Å². The van der Waals surface area contributed by atoms with Crippen molar-refractivity contribution >= 4 is 9.84 Å². The van der Waals surface area contributed by atoms with Gasteiger partial charge in [0.15, 0.2) is 0 Å². The third kappa shape index (κ3) is 4.82. The molecule has 3 rings (SSSR count). The predicted molar refractivity (Wildman–Crippen MR) is 90.1 cm³/mol. The van der Waals surface area contributed by atoms with E-state index in [0.29, 0.717) is 11.8 Å². The summed E-state index contributed by atoms with van der Waals surface area (Å²) in [7, 11) is -3.51. The van der Waals surface area contributed by atoms with Gasteiger partial charge >= 0.3 is 0 Å². The molecule has 0 aliphatic heterocycles. The summed E-state index contributed by atoms with van der Waals surface area (Å²) >= 11 is 0. The molecule has 0 amide bonds. The Morgan fingerprint density at radius 1 is 0.833 bits per heavy atom. The highest BCUT2D eigenvalue weighted by Crippen LogP contribution is 2.27. The van der Waals surface area contributed by atoms with Crippen LogP contribution < -0.4 is 9.47 Å². The Balaban J connectivity index is 1.79. The first-order chi connectivity index (χ1) is 11.5. The van der Waals surface area contributed by atoms with E-state index in [9.17, 15) is 8.42 Å². The normalized spacial score (nSPS) is 20.7. The Labute approximate surface area is 143 Å². The summed E-state index contributed by atoms with van der Waals surface area (Å²) in [4.78, 5) is 8.18. The molecule has 1 heterocycles. The molecular formula is C17H26N2O4S. The lowest BCUT2D eigenvalue weighted by Gasteiger charge is -2.24. The van der Waals surface area contributed by atoms with Crippen LogP contribution in [0.25, 0.3) is 0 Å². The topological polar surface area (TPSA) is 78.4 Å². The lowest BCUT2D eigenvalue weighted by atomic mass is 9.98. The van der Waals surface area contributed by atoms with Crippen LogP contribution in [-0.4, -0.2) is 36.8 Å². The lowest BCUT2D eigenvalue weighted by molar-refractivity contribution is 0.135. The maximum atomic E-state index is 11.9. The second-order valence-corrected chi connectivity index (χ2v) is 8.76. The molecule has 2 aliphatic rings. The summed E-state index contributed by atoms with van der Waals surface area (Å²) in [6, 6.07) is 1.64. The molecule has 0 saturated heterocycles. The van der Waals surface area contributed by atoms with Crippen molar-refractivity contribution < 1.29 is 17.9 Å². The van der Waals surface area contributed by atoms with Crippen LogP contribution in [0.15, 0.2) is 11.2 Å². The van der Waals surface area contributed by atoms with Gasteiger partial charge in [-0.3, -0.25) is 0 Å². The number of nitrogens with zero attached hydrogens (tertiary/aromatic N) is 2. The van der Waals surface area contributed by atoms with E-state index in [4.69, 9.17) is 9.47 Å². The molecule has 2 fully saturated rings. The van der Waals surface area contributed by atoms with Gasteiger partial charge in [0.2, 0.25) is 21.6 Å². The fraction of sp³-hybridized carbons (Fsp3) is 0.765. The van der Waals surface area contributed by atoms with Crippen molar-refractivity contribution in [3.05, 3.63) is 6.07 Å². The maximum Gasteiger partial charge on any atom is 0.253 e. The minimum Gasteiger partial charge on any atom is -0.474 e. The van der Waals surface area contributed by atoms with E-state index in [1.807, 2.05) is 0 Å². The number of aromatic nitrogens is 2. The summed E-state index contributed by atoms with van der Waals surface area (Å²) < 4.78 is 35.6. The fourth-order valence-corrected chi connectivity index (χ4v) is 3.89. The Kier molecular flexibility index (Phi) is 5.58. The highest BCUT2D eigenvalue weighted by molar-refractivity contribution is 7.90. The van der Waals surface area contributed by atoms with Crippen LogP contribution in [0, 0.1) is 0 Å². The second kappa shape index (κ2) is 7.68. The number of rotatable bonds is 5. The van der Waals surface area contributed by atoms with Crippen molar-refractivity contribution in [2.24, 2.45) is 0 Å². The molecule has 0 radical (unpaired) electrons. The first kappa shape index (κ1) is 17.5. The minimum atomic E-state index is -3.51. The number of hydrogen-bond acceptors (Lipinski definition) is 6. The van der Waals surface area contributed by atoms with E-state index in [1.54, 1.807) is 6.07 Å². The van der Waals surface area contributed by atoms with Gasteiger partial charge in [-0.2, -0.15) is 9.97 Å². The number of sulfone groups is 1. The van der Waals surface area contributed by atoms with E-state index < -0.39 is 9.84 Å². The molecule has 0 unspecified atom stereocenters. The Morgan fingerprint density at radius 2 is 1.25 bits per heavy atom. The van der Waals surface area contributed by atoms with Crippen LogP contribution in [-0.2, 0) is 9.84 Å². The molecule has 1 aromatic rings. The number of ether oxygens (including phenoxy) is 2. The van der Waals surface area contributed by atoms with Gasteiger partial charge in [0.1, 0.15) is 12.2 Å². The molecule has 0 N–H and O–H groups in total. The zero-order valence-corrected chi connectivity index (χ0v) is 15.1. The van der Waals surface area contributed by atoms with Crippen LogP contribution in [0.5, 0.6) is 11.8 Å². The molecule has 1 aromatic heterocycles. The van der Waals surface area contributed by atoms with Crippen molar-refractivity contribution in [1.29, 1.82) is 0 Å². The highest BCUT2D eigenvalue weighted by Gasteiger charge is 2.22. The van der Waals surface area contributed by atoms with E-state index in [1.165, 1.54) is 12.8 Å². The van der Waals surface area contributed by atoms with Gasteiger partial charge in [-0.15, -0.1) is 0 Å². The van der Waals surface area contributed by atoms with Gasteiger partial charge in [0.25, 0.3) is 5.16 Å². The van der Waals surface area contributed by atoms with Crippen LogP contribution >= 0.6 is 0 Å². The second-order valence-electron chi connectivity index (χ2n) is 6.85. The van der Waals surface area contributed by atoms with Gasteiger partial charge in [-0.1, -0.05) is 12.8 Å². The average molecular weight is 354 g/mol. The van der Waals surface area contributed by atoms with E-state index in [2.05, 4.69) is 9.97 Å². The van der Waals surface area contributed by atoms with Gasteiger partial charge in [0.05, 0.1) is 6.07 Å². The third-order valence-electron chi connectivity index (χ3n) is 4.67. The smallest absolute Gasteiger partial charge is 0.253 e. The molecule has 0 spiro atoms. The molecule has 134 valence electrons. The largest absolute Gasteiger partial charge is 0.474 e. The van der Waals surface area contributed by atoms with E-state index in [-0.39, 0.29) is 17.4 Å². The summed E-state index contributed by atoms with van der Waals surface area (Å²) in [6.45, 7) is 0. The third-order valence-corrected chi connectivity index (χ3v) is 5.52. The maximum absolute atomic E-state index is 11.9. The molecule has 0 bridgehead atoms. The Hall–Kier alpha value is -1.37. The van der Waals surface area contributed by atoms with Crippen molar-refractivity contribution in [3.8, 4) is 11.8 Å². The van der Waals surface area contributed by atoms with Gasteiger partial charge in [-0.25, -0.2) is 8.42 Å². The van der Waals surface area contributed by atoms with Crippen LogP contribution in [0.1, 0.15) is 64.2 Å². The highest BCUT2D eigenvalue weighted by atomic mass is 32.2. The fourth-order valence-electron chi connectivity index (χ4n) is 3.38. The Morgan fingerprint density at radius 3 is 1.62 bits per heavy atom. The molecule has 0 atom stereocenters. The van der Waals surface area contributed by atoms with Crippen molar-refractivity contribution in [2.45, 2.75) is 81.6 Å². The summed E-state index contributed by atoms with van der Waals surface area (Å²) in [5, 5.41) is -0.221. The quantitative estimate of drug-likeness (QED) is 0.755. The van der Waals surface area contributed by atoms with Crippen LogP contribution in [0.4, 0.5) is 0 Å². The standard InChI is InChI=1S/C17H26N2O4S/c1-24(20,21)17-18-15(22-13-8-4-2-5-9-13)12-16(19-17)23-14-10-6-3-7-11-14/h12-14H,2-11H2,1H3. The SMILES string of the molecule is CS(=O)(=O)c1nc(OC2CCCCC2)cc(OC2CCCCC2)n1. The lowest BCUT2D eigenvalue weighted by Crippen LogP contribution is -2.22. The first-order valence-electron chi connectivity index (χ1n) is 8.93.